The highest BCUT2D eigenvalue weighted by Crippen LogP contribution is 2.43. The first-order valence-electron chi connectivity index (χ1n) is 6.81. The number of carbonyl (C=O) groups excluding carboxylic acids is 1. The molecule has 0 aliphatic heterocycles. The molecule has 0 amide bonds. The van der Waals surface area contributed by atoms with Gasteiger partial charge >= 0.3 is 11.9 Å². The van der Waals surface area contributed by atoms with E-state index in [0.717, 1.165) is 12.8 Å². The summed E-state index contributed by atoms with van der Waals surface area (Å²) in [6.45, 7) is 1.50. The van der Waals surface area contributed by atoms with E-state index in [-0.39, 0.29) is 17.3 Å². The van der Waals surface area contributed by atoms with Crippen LogP contribution < -0.4 is 0 Å². The summed E-state index contributed by atoms with van der Waals surface area (Å²) in [6.07, 6.45) is 7.34. The summed E-state index contributed by atoms with van der Waals surface area (Å²) in [5.41, 5.74) is -1.77. The fraction of sp³-hybridized carbons (Fsp3) is 0.533. The van der Waals surface area contributed by atoms with Gasteiger partial charge in [0.15, 0.2) is 11.2 Å². The Labute approximate surface area is 117 Å². The van der Waals surface area contributed by atoms with Crippen LogP contribution in [0.25, 0.3) is 0 Å². The molecule has 0 spiro atoms. The Bertz CT molecular complexity index is 510. The second-order valence-corrected chi connectivity index (χ2v) is 5.53. The van der Waals surface area contributed by atoms with E-state index in [1.54, 1.807) is 0 Å². The average molecular weight is 278 g/mol. The highest BCUT2D eigenvalue weighted by molar-refractivity contribution is 6.08. The molecule has 2 rings (SSSR count). The van der Waals surface area contributed by atoms with Gasteiger partial charge in [-0.05, 0) is 12.8 Å². The predicted octanol–water partition coefficient (Wildman–Crippen LogP) is 2.03. The van der Waals surface area contributed by atoms with Gasteiger partial charge in [-0.15, -0.1) is 0 Å². The zero-order valence-electron chi connectivity index (χ0n) is 11.3. The first-order chi connectivity index (χ1) is 9.41. The maximum Gasteiger partial charge on any atom is 0.331 e. The summed E-state index contributed by atoms with van der Waals surface area (Å²) in [5.74, 6) is -3.92. The SMILES string of the molecule is CC1C(C(=O)O)=CC=C[C@@]1(C(=O)O)C(=O)C1CCCC1. The van der Waals surface area contributed by atoms with Crippen molar-refractivity contribution in [2.24, 2.45) is 17.3 Å². The van der Waals surface area contributed by atoms with Crippen molar-refractivity contribution in [3.05, 3.63) is 23.8 Å². The van der Waals surface area contributed by atoms with Crippen LogP contribution in [-0.2, 0) is 14.4 Å². The molecule has 20 heavy (non-hydrogen) atoms. The van der Waals surface area contributed by atoms with E-state index in [9.17, 15) is 19.5 Å². The predicted molar refractivity (Wildman–Crippen MR) is 71.1 cm³/mol. The maximum absolute atomic E-state index is 12.7. The van der Waals surface area contributed by atoms with Crippen molar-refractivity contribution in [1.82, 2.24) is 0 Å². The van der Waals surface area contributed by atoms with Crippen LogP contribution in [0.2, 0.25) is 0 Å². The summed E-state index contributed by atoms with van der Waals surface area (Å²) in [4.78, 5) is 35.7. The van der Waals surface area contributed by atoms with E-state index in [1.807, 2.05) is 0 Å². The Balaban J connectivity index is 2.43. The molecule has 0 bridgehead atoms. The Morgan fingerprint density at radius 1 is 1.20 bits per heavy atom. The van der Waals surface area contributed by atoms with Crippen LogP contribution in [0.4, 0.5) is 0 Å². The number of allylic oxidation sites excluding steroid dienone is 2. The lowest BCUT2D eigenvalue weighted by atomic mass is 9.64. The largest absolute Gasteiger partial charge is 0.480 e. The Morgan fingerprint density at radius 3 is 2.30 bits per heavy atom. The minimum absolute atomic E-state index is 0.0266. The first-order valence-corrected chi connectivity index (χ1v) is 6.81. The van der Waals surface area contributed by atoms with E-state index >= 15 is 0 Å². The minimum Gasteiger partial charge on any atom is -0.480 e. The number of hydrogen-bond donors (Lipinski definition) is 2. The van der Waals surface area contributed by atoms with Gasteiger partial charge in [0.1, 0.15) is 0 Å². The third-order valence-corrected chi connectivity index (χ3v) is 4.52. The lowest BCUT2D eigenvalue weighted by molar-refractivity contribution is -0.155. The molecule has 1 fully saturated rings. The Hall–Kier alpha value is -1.91. The fourth-order valence-electron chi connectivity index (χ4n) is 3.28. The molecule has 2 aliphatic carbocycles. The van der Waals surface area contributed by atoms with Crippen molar-refractivity contribution < 1.29 is 24.6 Å². The molecular formula is C15H18O5. The van der Waals surface area contributed by atoms with Gasteiger partial charge in [0.25, 0.3) is 0 Å². The van der Waals surface area contributed by atoms with Crippen LogP contribution in [0.3, 0.4) is 0 Å². The van der Waals surface area contributed by atoms with Crippen molar-refractivity contribution in [3.8, 4) is 0 Å². The van der Waals surface area contributed by atoms with Gasteiger partial charge in [0.05, 0.1) is 0 Å². The van der Waals surface area contributed by atoms with Gasteiger partial charge < -0.3 is 10.2 Å². The van der Waals surface area contributed by atoms with Crippen molar-refractivity contribution in [2.75, 3.05) is 0 Å². The second-order valence-electron chi connectivity index (χ2n) is 5.53. The van der Waals surface area contributed by atoms with E-state index < -0.39 is 23.3 Å². The van der Waals surface area contributed by atoms with Crippen LogP contribution in [0.1, 0.15) is 32.6 Å². The minimum atomic E-state index is -1.74. The number of Topliss-reactive ketones (excluding diaryl/α,β-unsaturated/α-hetero) is 1. The molecule has 108 valence electrons. The van der Waals surface area contributed by atoms with Gasteiger partial charge in [-0.25, -0.2) is 4.79 Å². The van der Waals surface area contributed by atoms with Crippen LogP contribution in [0.5, 0.6) is 0 Å². The van der Waals surface area contributed by atoms with E-state index in [2.05, 4.69) is 0 Å². The van der Waals surface area contributed by atoms with Gasteiger partial charge in [-0.1, -0.05) is 38.0 Å². The van der Waals surface area contributed by atoms with E-state index in [4.69, 9.17) is 5.11 Å². The third kappa shape index (κ3) is 2.07. The number of aliphatic carboxylic acids is 2. The molecule has 0 aromatic rings. The molecular weight excluding hydrogens is 260 g/mol. The van der Waals surface area contributed by atoms with Crippen molar-refractivity contribution in [2.45, 2.75) is 32.6 Å². The van der Waals surface area contributed by atoms with Gasteiger partial charge in [-0.3, -0.25) is 9.59 Å². The van der Waals surface area contributed by atoms with Gasteiger partial charge in [-0.2, -0.15) is 0 Å². The Kier molecular flexibility index (Phi) is 3.79. The number of carbonyl (C=O) groups is 3. The molecule has 2 aliphatic rings. The summed E-state index contributed by atoms with van der Waals surface area (Å²) in [5, 5.41) is 18.8. The van der Waals surface area contributed by atoms with Crippen molar-refractivity contribution >= 4 is 17.7 Å². The number of rotatable bonds is 4. The molecule has 0 radical (unpaired) electrons. The normalized spacial score (nSPS) is 30.1. The molecule has 0 saturated heterocycles. The summed E-state index contributed by atoms with van der Waals surface area (Å²) >= 11 is 0. The highest BCUT2D eigenvalue weighted by Gasteiger charge is 2.53. The molecule has 1 saturated carbocycles. The molecule has 5 heteroatoms. The van der Waals surface area contributed by atoms with Crippen LogP contribution in [0, 0.1) is 17.3 Å². The molecule has 0 aromatic carbocycles. The summed E-state index contributed by atoms with van der Waals surface area (Å²) in [6, 6.07) is 0. The van der Waals surface area contributed by atoms with Gasteiger partial charge in [0, 0.05) is 17.4 Å². The van der Waals surface area contributed by atoms with Crippen LogP contribution in [0.15, 0.2) is 23.8 Å². The zero-order valence-corrected chi connectivity index (χ0v) is 11.3. The molecule has 2 N–H and O–H groups in total. The summed E-state index contributed by atoms with van der Waals surface area (Å²) in [7, 11) is 0. The average Bonchev–Trinajstić information content (AvgIpc) is 2.91. The smallest absolute Gasteiger partial charge is 0.331 e. The van der Waals surface area contributed by atoms with Gasteiger partial charge in [0.2, 0.25) is 0 Å². The van der Waals surface area contributed by atoms with Crippen LogP contribution >= 0.6 is 0 Å². The molecule has 2 atom stereocenters. The number of hydrogen-bond acceptors (Lipinski definition) is 3. The molecule has 1 unspecified atom stereocenters. The molecule has 5 nitrogen and oxygen atoms in total. The number of carboxylic acids is 2. The molecule has 0 heterocycles. The van der Waals surface area contributed by atoms with E-state index in [1.165, 1.54) is 25.2 Å². The topological polar surface area (TPSA) is 91.7 Å². The second kappa shape index (κ2) is 5.23. The Morgan fingerprint density at radius 2 is 1.80 bits per heavy atom. The first kappa shape index (κ1) is 14.5. The van der Waals surface area contributed by atoms with Crippen molar-refractivity contribution in [1.29, 1.82) is 0 Å². The number of ketones is 1. The fourth-order valence-corrected chi connectivity index (χ4v) is 3.28. The lowest BCUT2D eigenvalue weighted by Gasteiger charge is -2.35. The van der Waals surface area contributed by atoms with E-state index in [0.29, 0.717) is 12.8 Å². The quantitative estimate of drug-likeness (QED) is 0.768. The third-order valence-electron chi connectivity index (χ3n) is 4.52. The molecule has 0 aromatic heterocycles. The highest BCUT2D eigenvalue weighted by atomic mass is 16.4. The van der Waals surface area contributed by atoms with Crippen LogP contribution in [-0.4, -0.2) is 27.9 Å². The lowest BCUT2D eigenvalue weighted by Crippen LogP contribution is -2.48. The maximum atomic E-state index is 12.7. The van der Waals surface area contributed by atoms with Crippen molar-refractivity contribution in [3.63, 3.8) is 0 Å². The standard InChI is InChI=1S/C15H18O5/c1-9-11(13(17)18)7-4-8-15(9,14(19)20)12(16)10-5-2-3-6-10/h4,7-10H,2-3,5-6H2,1H3,(H,17,18)(H,19,20)/t9?,15-/m0/s1. The number of carboxylic acid groups (broad SMARTS) is 2. The summed E-state index contributed by atoms with van der Waals surface area (Å²) < 4.78 is 0. The zero-order chi connectivity index (χ0) is 14.9. The monoisotopic (exact) mass is 278 g/mol.